The lowest BCUT2D eigenvalue weighted by atomic mass is 9.99. The second-order valence-corrected chi connectivity index (χ2v) is 9.17. The molecule has 3 aromatic heterocycles. The zero-order valence-electron chi connectivity index (χ0n) is 18.2. The number of hydrogen-bond donors (Lipinski definition) is 1. The molecule has 2 unspecified atom stereocenters. The summed E-state index contributed by atoms with van der Waals surface area (Å²) in [5, 5.41) is 15.3. The first-order valence-corrected chi connectivity index (χ1v) is 11.3. The molecule has 32 heavy (non-hydrogen) atoms. The van der Waals surface area contributed by atoms with Gasteiger partial charge in [0.25, 0.3) is 0 Å². The van der Waals surface area contributed by atoms with E-state index in [-0.39, 0.29) is 6.04 Å². The maximum Gasteiger partial charge on any atom is 0.204 e. The molecule has 0 aliphatic heterocycles. The molecule has 3 heterocycles. The Morgan fingerprint density at radius 2 is 2.00 bits per heavy atom. The predicted molar refractivity (Wildman–Crippen MR) is 126 cm³/mol. The van der Waals surface area contributed by atoms with Crippen LogP contribution in [0.3, 0.4) is 0 Å². The van der Waals surface area contributed by atoms with Gasteiger partial charge in [0.1, 0.15) is 5.01 Å². The van der Waals surface area contributed by atoms with Crippen LogP contribution in [0.25, 0.3) is 32.2 Å². The Balaban J connectivity index is 1.50. The highest BCUT2D eigenvalue weighted by molar-refractivity contribution is 7.21. The van der Waals surface area contributed by atoms with E-state index in [1.807, 2.05) is 30.9 Å². The summed E-state index contributed by atoms with van der Waals surface area (Å²) in [4.78, 5) is 11.4. The number of tetrazole rings is 1. The zero-order chi connectivity index (χ0) is 22.1. The lowest BCUT2D eigenvalue weighted by Gasteiger charge is -2.26. The Morgan fingerprint density at radius 3 is 2.75 bits per heavy atom. The molecule has 5 aromatic rings. The number of aromatic nitrogens is 7. The van der Waals surface area contributed by atoms with Crippen LogP contribution in [0, 0.1) is 0 Å². The summed E-state index contributed by atoms with van der Waals surface area (Å²) in [5.41, 5.74) is 4.22. The number of hydrogen-bond acceptors (Lipinski definition) is 7. The first kappa shape index (κ1) is 20.5. The Labute approximate surface area is 190 Å². The van der Waals surface area contributed by atoms with E-state index in [9.17, 15) is 0 Å². The van der Waals surface area contributed by atoms with Crippen molar-refractivity contribution in [1.82, 2.24) is 40.1 Å². The van der Waals surface area contributed by atoms with Gasteiger partial charge in [-0.15, -0.1) is 21.5 Å². The van der Waals surface area contributed by atoms with E-state index in [1.165, 1.54) is 10.3 Å². The first-order valence-electron chi connectivity index (χ1n) is 10.5. The Hall–Kier alpha value is -3.43. The van der Waals surface area contributed by atoms with Crippen molar-refractivity contribution in [3.05, 3.63) is 66.7 Å². The van der Waals surface area contributed by atoms with Crippen molar-refractivity contribution in [2.75, 3.05) is 14.1 Å². The van der Waals surface area contributed by atoms with Crippen molar-refractivity contribution in [3.63, 3.8) is 0 Å². The van der Waals surface area contributed by atoms with Crippen molar-refractivity contribution in [2.45, 2.75) is 25.4 Å². The second kappa shape index (κ2) is 8.60. The van der Waals surface area contributed by atoms with Crippen molar-refractivity contribution in [2.24, 2.45) is 0 Å². The molecule has 162 valence electrons. The van der Waals surface area contributed by atoms with Gasteiger partial charge in [0.15, 0.2) is 0 Å². The van der Waals surface area contributed by atoms with E-state index in [0.29, 0.717) is 11.9 Å². The number of aromatic amines is 1. The molecule has 0 saturated carbocycles. The topological polar surface area (TPSA) is 88.4 Å². The predicted octanol–water partition coefficient (Wildman–Crippen LogP) is 4.27. The normalized spacial score (nSPS) is 13.6. The summed E-state index contributed by atoms with van der Waals surface area (Å²) in [6.07, 6.45) is 6.78. The SMILES string of the molecule is CC(CC(c1ccc2nc(-c3cccc(-c4nn[nH]n4)c3)sc2c1)n1ccnc1)N(C)C. The molecule has 9 heteroatoms. The number of benzene rings is 2. The van der Waals surface area contributed by atoms with Crippen LogP contribution in [0.5, 0.6) is 0 Å². The fourth-order valence-corrected chi connectivity index (χ4v) is 4.78. The van der Waals surface area contributed by atoms with Gasteiger partial charge in [-0.3, -0.25) is 0 Å². The summed E-state index contributed by atoms with van der Waals surface area (Å²) in [6.45, 7) is 2.25. The minimum absolute atomic E-state index is 0.214. The van der Waals surface area contributed by atoms with Gasteiger partial charge >= 0.3 is 0 Å². The summed E-state index contributed by atoms with van der Waals surface area (Å²) in [5.74, 6) is 0.577. The van der Waals surface area contributed by atoms with Gasteiger partial charge in [-0.05, 0) is 56.4 Å². The fourth-order valence-electron chi connectivity index (χ4n) is 3.77. The van der Waals surface area contributed by atoms with Gasteiger partial charge < -0.3 is 9.47 Å². The Morgan fingerprint density at radius 1 is 1.12 bits per heavy atom. The minimum Gasteiger partial charge on any atom is -0.330 e. The molecule has 0 aliphatic carbocycles. The molecule has 0 fully saturated rings. The van der Waals surface area contributed by atoms with Crippen molar-refractivity contribution in [3.8, 4) is 22.0 Å². The van der Waals surface area contributed by atoms with E-state index in [4.69, 9.17) is 4.98 Å². The third-order valence-corrected chi connectivity index (χ3v) is 6.91. The minimum atomic E-state index is 0.214. The third-order valence-electron chi connectivity index (χ3n) is 5.84. The maximum atomic E-state index is 4.88. The van der Waals surface area contributed by atoms with Gasteiger partial charge in [0.2, 0.25) is 5.82 Å². The van der Waals surface area contributed by atoms with Gasteiger partial charge in [0.05, 0.1) is 22.6 Å². The van der Waals surface area contributed by atoms with Crippen LogP contribution in [0.4, 0.5) is 0 Å². The van der Waals surface area contributed by atoms with Gasteiger partial charge in [-0.2, -0.15) is 5.21 Å². The van der Waals surface area contributed by atoms with Crippen LogP contribution in [-0.4, -0.2) is 60.2 Å². The molecule has 0 aliphatic rings. The largest absolute Gasteiger partial charge is 0.330 e. The van der Waals surface area contributed by atoms with E-state index in [2.05, 4.69) is 86.4 Å². The lowest BCUT2D eigenvalue weighted by molar-refractivity contribution is 0.274. The number of nitrogens with zero attached hydrogens (tertiary/aromatic N) is 7. The number of thiazole rings is 1. The number of rotatable bonds is 7. The molecule has 1 N–H and O–H groups in total. The monoisotopic (exact) mass is 444 g/mol. The van der Waals surface area contributed by atoms with Crippen LogP contribution in [-0.2, 0) is 0 Å². The van der Waals surface area contributed by atoms with Crippen molar-refractivity contribution >= 4 is 21.6 Å². The maximum absolute atomic E-state index is 4.88. The summed E-state index contributed by atoms with van der Waals surface area (Å²) >= 11 is 1.70. The van der Waals surface area contributed by atoms with Crippen molar-refractivity contribution < 1.29 is 0 Å². The van der Waals surface area contributed by atoms with Crippen LogP contribution in [0.15, 0.2) is 61.2 Å². The van der Waals surface area contributed by atoms with Crippen LogP contribution in [0.1, 0.15) is 24.9 Å². The zero-order valence-corrected chi connectivity index (χ0v) is 19.0. The molecular weight excluding hydrogens is 420 g/mol. The molecule has 2 atom stereocenters. The molecule has 0 bridgehead atoms. The average molecular weight is 445 g/mol. The van der Waals surface area contributed by atoms with E-state index in [1.54, 1.807) is 11.3 Å². The van der Waals surface area contributed by atoms with Crippen LogP contribution in [0.2, 0.25) is 0 Å². The fraction of sp³-hybridized carbons (Fsp3) is 0.261. The quantitative estimate of drug-likeness (QED) is 0.403. The standard InChI is InChI=1S/C23H24N8S/c1-15(30(2)3)11-20(31-10-9-24-14-31)16-7-8-19-21(13-16)32-23(25-19)18-6-4-5-17(12-18)22-26-28-29-27-22/h4-10,12-15,20H,11H2,1-3H3,(H,26,27,28,29). The summed E-state index contributed by atoms with van der Waals surface area (Å²) in [6, 6.07) is 15.3. The number of imidazole rings is 1. The Kier molecular flexibility index (Phi) is 5.50. The second-order valence-electron chi connectivity index (χ2n) is 8.14. The highest BCUT2D eigenvalue weighted by Gasteiger charge is 2.19. The Bertz CT molecular complexity index is 1310. The molecule has 0 radical (unpaired) electrons. The molecular formula is C23H24N8S. The van der Waals surface area contributed by atoms with Gasteiger partial charge in [-0.1, -0.05) is 24.3 Å². The molecule has 8 nitrogen and oxygen atoms in total. The summed E-state index contributed by atoms with van der Waals surface area (Å²) in [7, 11) is 4.24. The van der Waals surface area contributed by atoms with Crippen LogP contribution < -0.4 is 0 Å². The lowest BCUT2D eigenvalue weighted by Crippen LogP contribution is -2.28. The van der Waals surface area contributed by atoms with Crippen LogP contribution >= 0.6 is 11.3 Å². The van der Waals surface area contributed by atoms with Crippen molar-refractivity contribution in [1.29, 1.82) is 0 Å². The summed E-state index contributed by atoms with van der Waals surface area (Å²) < 4.78 is 3.36. The molecule has 2 aromatic carbocycles. The molecule has 0 saturated heterocycles. The van der Waals surface area contributed by atoms with E-state index >= 15 is 0 Å². The van der Waals surface area contributed by atoms with E-state index < -0.39 is 0 Å². The smallest absolute Gasteiger partial charge is 0.204 e. The highest BCUT2D eigenvalue weighted by Crippen LogP contribution is 2.34. The molecule has 0 spiro atoms. The highest BCUT2D eigenvalue weighted by atomic mass is 32.1. The average Bonchev–Trinajstić information content (AvgIpc) is 3.58. The number of fused-ring (bicyclic) bond motifs is 1. The molecule has 5 rings (SSSR count). The number of H-pyrrole nitrogens is 1. The third kappa shape index (κ3) is 4.04. The van der Waals surface area contributed by atoms with Gasteiger partial charge in [0, 0.05) is 29.6 Å². The first-order chi connectivity index (χ1) is 15.6. The number of nitrogens with one attached hydrogen (secondary N) is 1. The van der Waals surface area contributed by atoms with E-state index in [0.717, 1.165) is 28.1 Å². The molecule has 0 amide bonds. The van der Waals surface area contributed by atoms with Gasteiger partial charge in [-0.25, -0.2) is 9.97 Å².